The number of aromatic nitrogens is 4. The van der Waals surface area contributed by atoms with Crippen LogP contribution in [0.2, 0.25) is 0 Å². The maximum atomic E-state index is 5.70. The lowest BCUT2D eigenvalue weighted by molar-refractivity contribution is -0.0188. The Hall–Kier alpha value is -3.64. The topological polar surface area (TPSA) is 107 Å². The molecule has 0 atom stereocenters. The van der Waals surface area contributed by atoms with E-state index >= 15 is 0 Å². The van der Waals surface area contributed by atoms with E-state index in [2.05, 4.69) is 19.9 Å². The number of rotatable bonds is 21. The van der Waals surface area contributed by atoms with Gasteiger partial charge in [0.05, 0.1) is 113 Å². The second-order valence-electron chi connectivity index (χ2n) is 9.91. The van der Waals surface area contributed by atoms with Crippen molar-refractivity contribution in [2.75, 3.05) is 66.1 Å². The number of aryl methyl sites for hydroxylation is 2. The maximum Gasteiger partial charge on any atom is 0.0890 e. The number of pyridine rings is 4. The highest BCUT2D eigenvalue weighted by atomic mass is 16.6. The molecule has 0 saturated heterocycles. The van der Waals surface area contributed by atoms with Crippen LogP contribution >= 0.6 is 0 Å². The van der Waals surface area contributed by atoms with Crippen LogP contribution in [0.15, 0.2) is 72.8 Å². The molecule has 4 aromatic heterocycles. The molecule has 0 spiro atoms. The van der Waals surface area contributed by atoms with Crippen molar-refractivity contribution in [3.05, 3.63) is 95.6 Å². The highest BCUT2D eigenvalue weighted by Crippen LogP contribution is 2.16. The lowest BCUT2D eigenvalue weighted by Gasteiger charge is -2.09. The van der Waals surface area contributed by atoms with Crippen molar-refractivity contribution in [3.63, 3.8) is 0 Å². The zero-order valence-corrected chi connectivity index (χ0v) is 25.7. The molecule has 4 heterocycles. The van der Waals surface area contributed by atoms with Crippen LogP contribution < -0.4 is 0 Å². The van der Waals surface area contributed by atoms with Gasteiger partial charge in [-0.1, -0.05) is 24.3 Å². The first-order valence-electron chi connectivity index (χ1n) is 14.9. The molecular weight excluding hydrogens is 560 g/mol. The van der Waals surface area contributed by atoms with E-state index < -0.39 is 0 Å². The Morgan fingerprint density at radius 2 is 0.659 bits per heavy atom. The van der Waals surface area contributed by atoms with Gasteiger partial charge in [0.2, 0.25) is 0 Å². The van der Waals surface area contributed by atoms with Gasteiger partial charge in [0.15, 0.2) is 0 Å². The summed E-state index contributed by atoms with van der Waals surface area (Å²) in [5.74, 6) is 0. The molecule has 4 aromatic rings. The lowest BCUT2D eigenvalue weighted by atomic mass is 10.2. The molecule has 10 nitrogen and oxygen atoms in total. The fourth-order valence-electron chi connectivity index (χ4n) is 4.13. The Morgan fingerprint density at radius 1 is 0.364 bits per heavy atom. The third kappa shape index (κ3) is 12.5. The van der Waals surface area contributed by atoms with E-state index in [1.807, 2.05) is 86.6 Å². The largest absolute Gasteiger partial charge is 0.377 e. The molecule has 0 saturated carbocycles. The monoisotopic (exact) mass is 602 g/mol. The van der Waals surface area contributed by atoms with Crippen LogP contribution in [-0.2, 0) is 41.6 Å². The van der Waals surface area contributed by atoms with Gasteiger partial charge in [-0.2, -0.15) is 0 Å². The predicted molar refractivity (Wildman–Crippen MR) is 167 cm³/mol. The Kier molecular flexibility index (Phi) is 14.8. The molecule has 0 fully saturated rings. The highest BCUT2D eigenvalue weighted by molar-refractivity contribution is 5.54. The first kappa shape index (κ1) is 33.3. The first-order chi connectivity index (χ1) is 21.7. The summed E-state index contributed by atoms with van der Waals surface area (Å²) >= 11 is 0. The maximum absolute atomic E-state index is 5.70. The average molecular weight is 603 g/mol. The van der Waals surface area contributed by atoms with E-state index in [0.717, 1.165) is 45.6 Å². The molecule has 0 aliphatic rings. The molecule has 0 aliphatic carbocycles. The van der Waals surface area contributed by atoms with Gasteiger partial charge in [0, 0.05) is 11.4 Å². The summed E-state index contributed by atoms with van der Waals surface area (Å²) in [7, 11) is 0. The molecule has 0 unspecified atom stereocenters. The summed E-state index contributed by atoms with van der Waals surface area (Å²) in [4.78, 5) is 18.3. The van der Waals surface area contributed by atoms with Gasteiger partial charge < -0.3 is 28.4 Å². The third-order valence-electron chi connectivity index (χ3n) is 6.27. The normalized spacial score (nSPS) is 11.2. The van der Waals surface area contributed by atoms with Crippen molar-refractivity contribution in [3.8, 4) is 22.8 Å². The fourth-order valence-corrected chi connectivity index (χ4v) is 4.13. The second-order valence-corrected chi connectivity index (χ2v) is 9.91. The van der Waals surface area contributed by atoms with E-state index in [1.165, 1.54) is 0 Å². The zero-order chi connectivity index (χ0) is 30.7. The van der Waals surface area contributed by atoms with Gasteiger partial charge in [-0.3, -0.25) is 9.97 Å². The van der Waals surface area contributed by atoms with Crippen molar-refractivity contribution >= 4 is 0 Å². The third-order valence-corrected chi connectivity index (χ3v) is 6.27. The zero-order valence-electron chi connectivity index (χ0n) is 25.7. The van der Waals surface area contributed by atoms with Crippen molar-refractivity contribution in [2.45, 2.75) is 27.1 Å². The fraction of sp³-hybridized carbons (Fsp3) is 0.412. The van der Waals surface area contributed by atoms with E-state index in [0.29, 0.717) is 79.3 Å². The molecule has 44 heavy (non-hydrogen) atoms. The van der Waals surface area contributed by atoms with Crippen molar-refractivity contribution < 1.29 is 28.4 Å². The predicted octanol–water partition coefficient (Wildman–Crippen LogP) is 5.02. The van der Waals surface area contributed by atoms with Crippen LogP contribution in [-0.4, -0.2) is 86.0 Å². The second kappa shape index (κ2) is 19.6. The Morgan fingerprint density at radius 3 is 1.00 bits per heavy atom. The van der Waals surface area contributed by atoms with Crippen LogP contribution in [0.3, 0.4) is 0 Å². The Labute approximate surface area is 259 Å². The van der Waals surface area contributed by atoms with Crippen LogP contribution in [0.5, 0.6) is 0 Å². The number of ether oxygens (including phenoxy) is 6. The summed E-state index contributed by atoms with van der Waals surface area (Å²) in [6.45, 7) is 9.76. The van der Waals surface area contributed by atoms with Crippen molar-refractivity contribution in [2.24, 2.45) is 0 Å². The van der Waals surface area contributed by atoms with Gasteiger partial charge in [-0.25, -0.2) is 9.97 Å². The molecular formula is C34H42N4O6. The smallest absolute Gasteiger partial charge is 0.0890 e. The van der Waals surface area contributed by atoms with Gasteiger partial charge in [0.25, 0.3) is 0 Å². The first-order valence-corrected chi connectivity index (χ1v) is 14.9. The summed E-state index contributed by atoms with van der Waals surface area (Å²) in [5.41, 5.74) is 7.05. The van der Waals surface area contributed by atoms with Gasteiger partial charge in [-0.15, -0.1) is 0 Å². The van der Waals surface area contributed by atoms with E-state index in [1.54, 1.807) is 0 Å². The molecule has 0 aliphatic heterocycles. The molecule has 0 radical (unpaired) electrons. The molecule has 10 heteroatoms. The van der Waals surface area contributed by atoms with Crippen LogP contribution in [0, 0.1) is 13.8 Å². The molecule has 234 valence electrons. The molecule has 4 rings (SSSR count). The molecule has 0 aromatic carbocycles. The quantitative estimate of drug-likeness (QED) is 0.121. The molecule has 0 amide bonds. The van der Waals surface area contributed by atoms with Crippen LogP contribution in [0.25, 0.3) is 22.8 Å². The minimum Gasteiger partial charge on any atom is -0.377 e. The number of hydrogen-bond donors (Lipinski definition) is 0. The Bertz CT molecular complexity index is 1280. The number of nitrogens with zero attached hydrogens (tertiary/aromatic N) is 4. The molecule has 0 bridgehead atoms. The number of hydrogen-bond acceptors (Lipinski definition) is 10. The standard InChI is InChI=1S/C34H42N4O6/c1-27-7-3-11-31(35-27)33-13-5-9-29(37-33)25-43-23-21-41-19-17-39-15-16-40-18-20-42-22-24-44-26-30-10-6-14-34(38-30)32-12-4-8-28(2)36-32/h3-14H,15-26H2,1-2H3. The lowest BCUT2D eigenvalue weighted by Crippen LogP contribution is -2.14. The Balaban J connectivity index is 0.912. The summed E-state index contributed by atoms with van der Waals surface area (Å²) in [5, 5.41) is 0. The summed E-state index contributed by atoms with van der Waals surface area (Å²) < 4.78 is 33.6. The van der Waals surface area contributed by atoms with Crippen molar-refractivity contribution in [1.29, 1.82) is 0 Å². The van der Waals surface area contributed by atoms with Gasteiger partial charge in [0.1, 0.15) is 0 Å². The van der Waals surface area contributed by atoms with Crippen molar-refractivity contribution in [1.82, 2.24) is 19.9 Å². The summed E-state index contributed by atoms with van der Waals surface area (Å²) in [6.07, 6.45) is 0. The highest BCUT2D eigenvalue weighted by Gasteiger charge is 2.05. The van der Waals surface area contributed by atoms with Crippen LogP contribution in [0.1, 0.15) is 22.8 Å². The van der Waals surface area contributed by atoms with Gasteiger partial charge in [-0.05, 0) is 62.4 Å². The van der Waals surface area contributed by atoms with E-state index in [9.17, 15) is 0 Å². The molecule has 0 N–H and O–H groups in total. The minimum atomic E-state index is 0.423. The minimum absolute atomic E-state index is 0.423. The van der Waals surface area contributed by atoms with Crippen LogP contribution in [0.4, 0.5) is 0 Å². The van der Waals surface area contributed by atoms with Gasteiger partial charge >= 0.3 is 0 Å². The van der Waals surface area contributed by atoms with E-state index in [4.69, 9.17) is 28.4 Å². The summed E-state index contributed by atoms with van der Waals surface area (Å²) in [6, 6.07) is 23.6. The SMILES string of the molecule is Cc1cccc(-c2cccc(COCCOCCOCCOCCOCCOCc3cccc(-c4cccc(C)n4)n3)n2)n1. The average Bonchev–Trinajstić information content (AvgIpc) is 3.04. The van der Waals surface area contributed by atoms with E-state index in [-0.39, 0.29) is 0 Å².